The van der Waals surface area contributed by atoms with Crippen LogP contribution in [0.1, 0.15) is 6.42 Å². The third-order valence-corrected chi connectivity index (χ3v) is 4.83. The van der Waals surface area contributed by atoms with Gasteiger partial charge >= 0.3 is 0 Å². The first kappa shape index (κ1) is 17.6. The lowest BCUT2D eigenvalue weighted by atomic mass is 10.1. The van der Waals surface area contributed by atoms with Gasteiger partial charge in [0.1, 0.15) is 11.7 Å². The molecule has 2 amide bonds. The number of carbonyl (C=O) groups excluding carboxylic acids is 2. The summed E-state index contributed by atoms with van der Waals surface area (Å²) in [5.74, 6) is -0.598. The summed E-state index contributed by atoms with van der Waals surface area (Å²) in [4.78, 5) is 26.6. The number of methoxy groups -OCH3 is 1. The van der Waals surface area contributed by atoms with E-state index in [1.165, 1.54) is 0 Å². The van der Waals surface area contributed by atoms with Crippen molar-refractivity contribution in [3.63, 3.8) is 0 Å². The third-order valence-electron chi connectivity index (χ3n) is 4.09. The first-order valence-electron chi connectivity index (χ1n) is 7.71. The average molecular weight is 379 g/mol. The number of halogens is 2. The monoisotopic (exact) mass is 378 g/mol. The smallest absolute Gasteiger partial charge is 0.239 e. The molecule has 0 saturated carbocycles. The minimum Gasteiger partial charge on any atom is -0.497 e. The van der Waals surface area contributed by atoms with Gasteiger partial charge in [-0.25, -0.2) is 0 Å². The Hall–Kier alpha value is -2.24. The van der Waals surface area contributed by atoms with Gasteiger partial charge in [-0.1, -0.05) is 23.2 Å². The Morgan fingerprint density at radius 1 is 1.16 bits per heavy atom. The summed E-state index contributed by atoms with van der Waals surface area (Å²) in [6, 6.07) is 11.9. The highest BCUT2D eigenvalue weighted by Gasteiger charge is 2.37. The third kappa shape index (κ3) is 3.72. The number of anilines is 2. The van der Waals surface area contributed by atoms with Crippen LogP contribution >= 0.6 is 23.2 Å². The number of carbonyl (C=O) groups is 2. The van der Waals surface area contributed by atoms with E-state index in [0.717, 1.165) is 0 Å². The van der Waals surface area contributed by atoms with Gasteiger partial charge in [-0.15, -0.1) is 0 Å². The van der Waals surface area contributed by atoms with E-state index in [1.54, 1.807) is 54.5 Å². The van der Waals surface area contributed by atoms with Gasteiger partial charge < -0.3 is 15.0 Å². The first-order valence-corrected chi connectivity index (χ1v) is 8.46. The maximum atomic E-state index is 12.6. The number of rotatable bonds is 4. The molecule has 3 rings (SSSR count). The Kier molecular flexibility index (Phi) is 5.16. The second-order valence-electron chi connectivity index (χ2n) is 5.65. The molecule has 0 unspecified atom stereocenters. The molecule has 0 radical (unpaired) electrons. The number of amides is 2. The summed E-state index contributed by atoms with van der Waals surface area (Å²) in [5, 5.41) is 3.56. The van der Waals surface area contributed by atoms with E-state index in [4.69, 9.17) is 27.9 Å². The van der Waals surface area contributed by atoms with Gasteiger partial charge in [0.25, 0.3) is 0 Å². The Morgan fingerprint density at radius 2 is 1.88 bits per heavy atom. The van der Waals surface area contributed by atoms with E-state index < -0.39 is 5.92 Å². The molecule has 1 aliphatic heterocycles. The predicted octanol–water partition coefficient (Wildman–Crippen LogP) is 3.99. The molecular formula is C18H16Cl2N2O3. The van der Waals surface area contributed by atoms with E-state index in [0.29, 0.717) is 40.1 Å². The quantitative estimate of drug-likeness (QED) is 0.818. The zero-order valence-electron chi connectivity index (χ0n) is 13.5. The zero-order chi connectivity index (χ0) is 18.0. The standard InChI is InChI=1S/C18H16Cl2N2O3/c1-25-13-5-2-11(3-6-13)21-17(23)14-8-9-22(18(14)24)12-4-7-15(19)16(20)10-12/h2-7,10,14H,8-9H2,1H3,(H,21,23)/t14-/m0/s1. The molecule has 1 atom stereocenters. The van der Waals surface area contributed by atoms with Crippen molar-refractivity contribution in [2.45, 2.75) is 6.42 Å². The molecule has 0 aliphatic carbocycles. The summed E-state index contributed by atoms with van der Waals surface area (Å²) in [5.41, 5.74) is 1.26. The minimum atomic E-state index is -0.725. The van der Waals surface area contributed by atoms with Crippen LogP contribution in [0.5, 0.6) is 5.75 Å². The molecule has 1 saturated heterocycles. The van der Waals surface area contributed by atoms with Crippen LogP contribution in [0, 0.1) is 5.92 Å². The van der Waals surface area contributed by atoms with Crippen LogP contribution in [0.2, 0.25) is 10.0 Å². The van der Waals surface area contributed by atoms with Gasteiger partial charge in [-0.05, 0) is 48.9 Å². The predicted molar refractivity (Wildman–Crippen MR) is 98.5 cm³/mol. The minimum absolute atomic E-state index is 0.246. The molecular weight excluding hydrogens is 363 g/mol. The van der Waals surface area contributed by atoms with Gasteiger partial charge in [0.2, 0.25) is 11.8 Å². The van der Waals surface area contributed by atoms with Crippen LogP contribution in [-0.2, 0) is 9.59 Å². The normalized spacial score (nSPS) is 16.8. The van der Waals surface area contributed by atoms with Crippen molar-refractivity contribution in [3.8, 4) is 5.75 Å². The molecule has 1 fully saturated rings. The van der Waals surface area contributed by atoms with E-state index in [-0.39, 0.29) is 11.8 Å². The topological polar surface area (TPSA) is 58.6 Å². The maximum absolute atomic E-state index is 12.6. The molecule has 1 heterocycles. The highest BCUT2D eigenvalue weighted by atomic mass is 35.5. The fourth-order valence-corrected chi connectivity index (χ4v) is 3.03. The highest BCUT2D eigenvalue weighted by Crippen LogP contribution is 2.31. The lowest BCUT2D eigenvalue weighted by molar-refractivity contribution is -0.129. The molecule has 130 valence electrons. The van der Waals surface area contributed by atoms with Crippen molar-refractivity contribution < 1.29 is 14.3 Å². The van der Waals surface area contributed by atoms with E-state index in [9.17, 15) is 9.59 Å². The van der Waals surface area contributed by atoms with Gasteiger partial charge in [0.05, 0.1) is 17.2 Å². The number of benzene rings is 2. The fraction of sp³-hybridized carbons (Fsp3) is 0.222. The lowest BCUT2D eigenvalue weighted by Crippen LogP contribution is -2.33. The molecule has 2 aromatic rings. The Morgan fingerprint density at radius 3 is 2.52 bits per heavy atom. The summed E-state index contributed by atoms with van der Waals surface area (Å²) >= 11 is 11.9. The zero-order valence-corrected chi connectivity index (χ0v) is 15.0. The Bertz CT molecular complexity index is 808. The largest absolute Gasteiger partial charge is 0.497 e. The van der Waals surface area contributed by atoms with Crippen LogP contribution in [0.15, 0.2) is 42.5 Å². The van der Waals surface area contributed by atoms with Crippen LogP contribution in [0.25, 0.3) is 0 Å². The Labute approximate surface area is 155 Å². The van der Waals surface area contributed by atoms with Crippen LogP contribution in [0.4, 0.5) is 11.4 Å². The van der Waals surface area contributed by atoms with Gasteiger partial charge in [0, 0.05) is 17.9 Å². The molecule has 0 spiro atoms. The van der Waals surface area contributed by atoms with Crippen LogP contribution < -0.4 is 15.0 Å². The lowest BCUT2D eigenvalue weighted by Gasteiger charge is -2.17. The molecule has 7 heteroatoms. The molecule has 25 heavy (non-hydrogen) atoms. The highest BCUT2D eigenvalue weighted by molar-refractivity contribution is 6.42. The number of nitrogens with one attached hydrogen (secondary N) is 1. The summed E-state index contributed by atoms with van der Waals surface area (Å²) in [6.07, 6.45) is 0.446. The van der Waals surface area contributed by atoms with Crippen molar-refractivity contribution in [3.05, 3.63) is 52.5 Å². The van der Waals surface area contributed by atoms with E-state index >= 15 is 0 Å². The summed E-state index contributed by atoms with van der Waals surface area (Å²) in [7, 11) is 1.57. The van der Waals surface area contributed by atoms with E-state index in [1.807, 2.05) is 0 Å². The van der Waals surface area contributed by atoms with Crippen molar-refractivity contribution in [1.29, 1.82) is 0 Å². The second kappa shape index (κ2) is 7.33. The summed E-state index contributed by atoms with van der Waals surface area (Å²) in [6.45, 7) is 0.456. The van der Waals surface area contributed by atoms with Crippen molar-refractivity contribution in [2.24, 2.45) is 5.92 Å². The SMILES string of the molecule is COc1ccc(NC(=O)[C@@H]2CCN(c3ccc(Cl)c(Cl)c3)C2=O)cc1. The maximum Gasteiger partial charge on any atom is 0.239 e. The molecule has 1 N–H and O–H groups in total. The average Bonchev–Trinajstić information content (AvgIpc) is 2.99. The second-order valence-corrected chi connectivity index (χ2v) is 6.46. The number of ether oxygens (including phenoxy) is 1. The Balaban J connectivity index is 1.70. The molecule has 1 aliphatic rings. The van der Waals surface area contributed by atoms with Gasteiger partial charge in [0.15, 0.2) is 0 Å². The number of nitrogens with zero attached hydrogens (tertiary/aromatic N) is 1. The van der Waals surface area contributed by atoms with Crippen LogP contribution in [0.3, 0.4) is 0 Å². The van der Waals surface area contributed by atoms with Crippen molar-refractivity contribution >= 4 is 46.4 Å². The molecule has 2 aromatic carbocycles. The van der Waals surface area contributed by atoms with Crippen molar-refractivity contribution in [1.82, 2.24) is 0 Å². The first-order chi connectivity index (χ1) is 12.0. The van der Waals surface area contributed by atoms with Gasteiger partial charge in [-0.2, -0.15) is 0 Å². The number of hydrogen-bond acceptors (Lipinski definition) is 3. The molecule has 0 bridgehead atoms. The number of hydrogen-bond donors (Lipinski definition) is 1. The summed E-state index contributed by atoms with van der Waals surface area (Å²) < 4.78 is 5.08. The van der Waals surface area contributed by atoms with Crippen molar-refractivity contribution in [2.75, 3.05) is 23.9 Å². The molecule has 5 nitrogen and oxygen atoms in total. The van der Waals surface area contributed by atoms with Gasteiger partial charge in [-0.3, -0.25) is 9.59 Å². The fourth-order valence-electron chi connectivity index (χ4n) is 2.74. The van der Waals surface area contributed by atoms with Crippen LogP contribution in [-0.4, -0.2) is 25.5 Å². The van der Waals surface area contributed by atoms with E-state index in [2.05, 4.69) is 5.32 Å². The molecule has 0 aromatic heterocycles.